The van der Waals surface area contributed by atoms with Crippen LogP contribution in [0.1, 0.15) is 6.92 Å². The Labute approximate surface area is 101 Å². The summed E-state index contributed by atoms with van der Waals surface area (Å²) in [7, 11) is 0. The average Bonchev–Trinajstić information content (AvgIpc) is 2.25. The summed E-state index contributed by atoms with van der Waals surface area (Å²) < 4.78 is 30.6. The topological polar surface area (TPSA) is 75.6 Å². The van der Waals surface area contributed by atoms with Crippen molar-refractivity contribution in [3.8, 4) is 5.75 Å². The van der Waals surface area contributed by atoms with Crippen molar-refractivity contribution in [2.24, 2.45) is 0 Å². The standard InChI is InChI=1S/C11H11F2NO4/c1-6(15)14-9(11(16)17)5-18-10-3-2-7(12)4-8(10)13/h2-4,9H,5H2,1H3,(H,14,15)(H,16,17). The lowest BCUT2D eigenvalue weighted by atomic mass is 10.3. The van der Waals surface area contributed by atoms with E-state index in [2.05, 4.69) is 5.32 Å². The van der Waals surface area contributed by atoms with Gasteiger partial charge in [-0.3, -0.25) is 4.79 Å². The molecular formula is C11H11F2NO4. The second kappa shape index (κ2) is 5.95. The van der Waals surface area contributed by atoms with Gasteiger partial charge in [0.25, 0.3) is 0 Å². The summed E-state index contributed by atoms with van der Waals surface area (Å²) in [5, 5.41) is 10.9. The Morgan fingerprint density at radius 1 is 1.44 bits per heavy atom. The number of rotatable bonds is 5. The first-order valence-electron chi connectivity index (χ1n) is 4.98. The van der Waals surface area contributed by atoms with Crippen molar-refractivity contribution < 1.29 is 28.2 Å². The molecule has 0 aliphatic heterocycles. The van der Waals surface area contributed by atoms with E-state index in [9.17, 15) is 18.4 Å². The molecule has 0 aliphatic carbocycles. The van der Waals surface area contributed by atoms with E-state index in [1.165, 1.54) is 0 Å². The van der Waals surface area contributed by atoms with Gasteiger partial charge in [-0.25, -0.2) is 13.6 Å². The number of hydrogen-bond acceptors (Lipinski definition) is 3. The number of benzene rings is 1. The maximum Gasteiger partial charge on any atom is 0.329 e. The van der Waals surface area contributed by atoms with Gasteiger partial charge in [0.1, 0.15) is 12.4 Å². The van der Waals surface area contributed by atoms with Gasteiger partial charge in [0.2, 0.25) is 5.91 Å². The molecule has 5 nitrogen and oxygen atoms in total. The highest BCUT2D eigenvalue weighted by atomic mass is 19.1. The van der Waals surface area contributed by atoms with Crippen LogP contribution in [0, 0.1) is 11.6 Å². The maximum atomic E-state index is 13.2. The Kier molecular flexibility index (Phi) is 4.59. The van der Waals surface area contributed by atoms with E-state index in [-0.39, 0.29) is 5.75 Å². The fourth-order valence-electron chi connectivity index (χ4n) is 1.19. The third kappa shape index (κ3) is 4.00. The van der Waals surface area contributed by atoms with E-state index >= 15 is 0 Å². The molecule has 0 saturated heterocycles. The van der Waals surface area contributed by atoms with Crippen LogP contribution in [0.2, 0.25) is 0 Å². The average molecular weight is 259 g/mol. The SMILES string of the molecule is CC(=O)NC(COc1ccc(F)cc1F)C(=O)O. The Bertz CT molecular complexity index is 464. The maximum absolute atomic E-state index is 13.2. The van der Waals surface area contributed by atoms with Crippen LogP contribution >= 0.6 is 0 Å². The van der Waals surface area contributed by atoms with Crippen LogP contribution in [0.25, 0.3) is 0 Å². The van der Waals surface area contributed by atoms with Gasteiger partial charge in [-0.1, -0.05) is 0 Å². The largest absolute Gasteiger partial charge is 0.488 e. The molecule has 18 heavy (non-hydrogen) atoms. The molecule has 98 valence electrons. The van der Waals surface area contributed by atoms with Crippen molar-refractivity contribution in [1.29, 1.82) is 0 Å². The molecule has 1 amide bonds. The second-order valence-corrected chi connectivity index (χ2v) is 3.48. The first-order chi connectivity index (χ1) is 8.40. The number of amides is 1. The van der Waals surface area contributed by atoms with E-state index in [0.29, 0.717) is 6.07 Å². The zero-order valence-electron chi connectivity index (χ0n) is 9.44. The normalized spacial score (nSPS) is 11.7. The molecule has 2 N–H and O–H groups in total. The molecule has 0 saturated carbocycles. The van der Waals surface area contributed by atoms with Crippen LogP contribution in [0.3, 0.4) is 0 Å². The highest BCUT2D eigenvalue weighted by molar-refractivity contribution is 5.82. The lowest BCUT2D eigenvalue weighted by Crippen LogP contribution is -2.43. The monoisotopic (exact) mass is 259 g/mol. The van der Waals surface area contributed by atoms with Crippen molar-refractivity contribution in [3.63, 3.8) is 0 Å². The molecule has 1 atom stereocenters. The van der Waals surface area contributed by atoms with Crippen LogP contribution in [0.5, 0.6) is 5.75 Å². The quantitative estimate of drug-likeness (QED) is 0.825. The van der Waals surface area contributed by atoms with E-state index in [0.717, 1.165) is 19.1 Å². The van der Waals surface area contributed by atoms with Crippen LogP contribution in [0.15, 0.2) is 18.2 Å². The van der Waals surface area contributed by atoms with E-state index in [1.807, 2.05) is 0 Å². The number of hydrogen-bond donors (Lipinski definition) is 2. The Morgan fingerprint density at radius 3 is 2.61 bits per heavy atom. The number of carboxylic acid groups (broad SMARTS) is 1. The number of carbonyl (C=O) groups is 2. The lowest BCUT2D eigenvalue weighted by molar-refractivity contribution is -0.142. The van der Waals surface area contributed by atoms with Gasteiger partial charge in [0, 0.05) is 13.0 Å². The Hall–Kier alpha value is -2.18. The molecule has 0 heterocycles. The number of nitrogens with one attached hydrogen (secondary N) is 1. The molecule has 0 spiro atoms. The summed E-state index contributed by atoms with van der Waals surface area (Å²) in [5.41, 5.74) is 0. The molecule has 0 aliphatic rings. The number of carbonyl (C=O) groups excluding carboxylic acids is 1. The predicted octanol–water partition coefficient (Wildman–Crippen LogP) is 0.933. The van der Waals surface area contributed by atoms with Gasteiger partial charge in [0.05, 0.1) is 0 Å². The van der Waals surface area contributed by atoms with Gasteiger partial charge in [-0.2, -0.15) is 0 Å². The van der Waals surface area contributed by atoms with E-state index in [1.54, 1.807) is 0 Å². The molecule has 1 aromatic rings. The van der Waals surface area contributed by atoms with Crippen molar-refractivity contribution in [1.82, 2.24) is 5.32 Å². The number of ether oxygens (including phenoxy) is 1. The zero-order chi connectivity index (χ0) is 13.7. The summed E-state index contributed by atoms with van der Waals surface area (Å²) in [6, 6.07) is 1.33. The van der Waals surface area contributed by atoms with E-state index < -0.39 is 36.2 Å². The van der Waals surface area contributed by atoms with E-state index in [4.69, 9.17) is 9.84 Å². The van der Waals surface area contributed by atoms with Gasteiger partial charge >= 0.3 is 5.97 Å². The molecule has 0 aromatic heterocycles. The van der Waals surface area contributed by atoms with Crippen LogP contribution in [0.4, 0.5) is 8.78 Å². The van der Waals surface area contributed by atoms with Gasteiger partial charge in [0.15, 0.2) is 17.6 Å². The smallest absolute Gasteiger partial charge is 0.329 e. The molecular weight excluding hydrogens is 248 g/mol. The molecule has 0 radical (unpaired) electrons. The summed E-state index contributed by atoms with van der Waals surface area (Å²) in [6.45, 7) is 0.686. The summed E-state index contributed by atoms with van der Waals surface area (Å²) in [5.74, 6) is -3.86. The molecule has 0 fully saturated rings. The highest BCUT2D eigenvalue weighted by Crippen LogP contribution is 2.17. The zero-order valence-corrected chi connectivity index (χ0v) is 9.44. The van der Waals surface area contributed by atoms with Gasteiger partial charge < -0.3 is 15.2 Å². The van der Waals surface area contributed by atoms with Crippen molar-refractivity contribution in [2.45, 2.75) is 13.0 Å². The third-order valence-corrected chi connectivity index (χ3v) is 1.98. The minimum Gasteiger partial charge on any atom is -0.488 e. The van der Waals surface area contributed by atoms with Crippen LogP contribution in [-0.4, -0.2) is 29.6 Å². The summed E-state index contributed by atoms with van der Waals surface area (Å²) in [6.07, 6.45) is 0. The minimum absolute atomic E-state index is 0.284. The van der Waals surface area contributed by atoms with Crippen LogP contribution in [-0.2, 0) is 9.59 Å². The molecule has 1 aromatic carbocycles. The molecule has 1 unspecified atom stereocenters. The fraction of sp³-hybridized carbons (Fsp3) is 0.273. The second-order valence-electron chi connectivity index (χ2n) is 3.48. The van der Waals surface area contributed by atoms with Crippen LogP contribution < -0.4 is 10.1 Å². The lowest BCUT2D eigenvalue weighted by Gasteiger charge is -2.14. The van der Waals surface area contributed by atoms with Crippen molar-refractivity contribution in [2.75, 3.05) is 6.61 Å². The Morgan fingerprint density at radius 2 is 2.11 bits per heavy atom. The Balaban J connectivity index is 2.66. The minimum atomic E-state index is -1.31. The van der Waals surface area contributed by atoms with Gasteiger partial charge in [-0.05, 0) is 12.1 Å². The fourth-order valence-corrected chi connectivity index (χ4v) is 1.19. The van der Waals surface area contributed by atoms with Gasteiger partial charge in [-0.15, -0.1) is 0 Å². The van der Waals surface area contributed by atoms with Crippen molar-refractivity contribution in [3.05, 3.63) is 29.8 Å². The third-order valence-electron chi connectivity index (χ3n) is 1.98. The summed E-state index contributed by atoms with van der Waals surface area (Å²) >= 11 is 0. The highest BCUT2D eigenvalue weighted by Gasteiger charge is 2.19. The first kappa shape index (κ1) is 13.9. The number of carboxylic acids is 1. The molecule has 0 bridgehead atoms. The molecule has 7 heteroatoms. The summed E-state index contributed by atoms with van der Waals surface area (Å²) in [4.78, 5) is 21.5. The van der Waals surface area contributed by atoms with Crippen molar-refractivity contribution >= 4 is 11.9 Å². The number of halogens is 2. The predicted molar refractivity (Wildman–Crippen MR) is 57.1 cm³/mol. The molecule has 1 rings (SSSR count). The number of aliphatic carboxylic acids is 1. The first-order valence-corrected chi connectivity index (χ1v) is 4.98.